The molecule has 0 saturated heterocycles. The molecule has 0 aromatic rings. The maximum absolute atomic E-state index is 5.30. The molecule has 0 spiro atoms. The quantitative estimate of drug-likeness (QED) is 0.596. The first-order chi connectivity index (χ1) is 5.17. The standard InChI is InChI=1S/C8H20O2Si/c1-6-7(2)8(3)11(9-4)10-5/h7-8,11H,6H2,1-5H3. The highest BCUT2D eigenvalue weighted by molar-refractivity contribution is 6.46. The van der Waals surface area contributed by atoms with Crippen LogP contribution < -0.4 is 0 Å². The molecular weight excluding hydrogens is 156 g/mol. The van der Waals surface area contributed by atoms with Crippen LogP contribution in [0.25, 0.3) is 0 Å². The second kappa shape index (κ2) is 5.74. The van der Waals surface area contributed by atoms with E-state index in [0.717, 1.165) is 0 Å². The summed E-state index contributed by atoms with van der Waals surface area (Å²) in [5, 5.41) is 0. The molecule has 0 fully saturated rings. The number of rotatable bonds is 5. The van der Waals surface area contributed by atoms with Gasteiger partial charge in [-0.1, -0.05) is 27.2 Å². The highest BCUT2D eigenvalue weighted by atomic mass is 28.3. The molecule has 0 aliphatic carbocycles. The first-order valence-electron chi connectivity index (χ1n) is 4.22. The van der Waals surface area contributed by atoms with Gasteiger partial charge in [0.15, 0.2) is 0 Å². The maximum atomic E-state index is 5.30. The summed E-state index contributed by atoms with van der Waals surface area (Å²) in [6.45, 7) is 6.68. The predicted octanol–water partition coefficient (Wildman–Crippen LogP) is 1.94. The molecule has 11 heavy (non-hydrogen) atoms. The van der Waals surface area contributed by atoms with Crippen molar-refractivity contribution in [1.29, 1.82) is 0 Å². The molecule has 0 heterocycles. The normalized spacial score (nSPS) is 16.9. The Balaban J connectivity index is 3.86. The second-order valence-electron chi connectivity index (χ2n) is 3.08. The highest BCUT2D eigenvalue weighted by Gasteiger charge is 2.23. The summed E-state index contributed by atoms with van der Waals surface area (Å²) in [4.78, 5) is 0. The molecule has 0 radical (unpaired) electrons. The molecule has 0 aliphatic rings. The van der Waals surface area contributed by atoms with Crippen LogP contribution >= 0.6 is 0 Å². The van der Waals surface area contributed by atoms with Crippen LogP contribution in [0.3, 0.4) is 0 Å². The Bertz CT molecular complexity index is 94.1. The highest BCUT2D eigenvalue weighted by Crippen LogP contribution is 2.23. The molecule has 0 amide bonds. The van der Waals surface area contributed by atoms with Crippen molar-refractivity contribution in [2.75, 3.05) is 14.2 Å². The van der Waals surface area contributed by atoms with Gasteiger partial charge in [-0.2, -0.15) is 0 Å². The fourth-order valence-electron chi connectivity index (χ4n) is 1.17. The fraction of sp³-hybridized carbons (Fsp3) is 1.00. The van der Waals surface area contributed by atoms with Crippen molar-refractivity contribution < 1.29 is 8.85 Å². The van der Waals surface area contributed by atoms with E-state index in [2.05, 4.69) is 20.8 Å². The van der Waals surface area contributed by atoms with Gasteiger partial charge in [0.05, 0.1) is 0 Å². The largest absolute Gasteiger partial charge is 0.400 e. The van der Waals surface area contributed by atoms with Crippen molar-refractivity contribution in [2.24, 2.45) is 5.92 Å². The van der Waals surface area contributed by atoms with Gasteiger partial charge in [0.25, 0.3) is 0 Å². The van der Waals surface area contributed by atoms with Crippen LogP contribution in [0.4, 0.5) is 0 Å². The molecule has 2 atom stereocenters. The van der Waals surface area contributed by atoms with E-state index in [4.69, 9.17) is 8.85 Å². The van der Waals surface area contributed by atoms with Gasteiger partial charge < -0.3 is 8.85 Å². The topological polar surface area (TPSA) is 18.5 Å². The van der Waals surface area contributed by atoms with Gasteiger partial charge in [-0.25, -0.2) is 0 Å². The van der Waals surface area contributed by atoms with E-state index in [9.17, 15) is 0 Å². The molecule has 0 aromatic heterocycles. The molecule has 0 aromatic carbocycles. The van der Waals surface area contributed by atoms with Gasteiger partial charge in [0, 0.05) is 14.2 Å². The van der Waals surface area contributed by atoms with Crippen molar-refractivity contribution in [1.82, 2.24) is 0 Å². The lowest BCUT2D eigenvalue weighted by Crippen LogP contribution is -2.28. The van der Waals surface area contributed by atoms with Crippen molar-refractivity contribution in [3.8, 4) is 0 Å². The van der Waals surface area contributed by atoms with Crippen LogP contribution in [0.5, 0.6) is 0 Å². The van der Waals surface area contributed by atoms with Gasteiger partial charge in [0.2, 0.25) is 0 Å². The van der Waals surface area contributed by atoms with Gasteiger partial charge >= 0.3 is 9.28 Å². The third kappa shape index (κ3) is 3.36. The van der Waals surface area contributed by atoms with Gasteiger partial charge in [-0.15, -0.1) is 0 Å². The molecule has 2 unspecified atom stereocenters. The van der Waals surface area contributed by atoms with Gasteiger partial charge in [0.1, 0.15) is 0 Å². The molecular formula is C8H20O2Si. The third-order valence-electron chi connectivity index (χ3n) is 2.44. The fourth-order valence-corrected chi connectivity index (χ4v) is 3.03. The second-order valence-corrected chi connectivity index (χ2v) is 5.82. The first kappa shape index (κ1) is 11.1. The summed E-state index contributed by atoms with van der Waals surface area (Å²) < 4.78 is 10.6. The summed E-state index contributed by atoms with van der Waals surface area (Å²) in [5.41, 5.74) is 0.606. The lowest BCUT2D eigenvalue weighted by molar-refractivity contribution is 0.254. The zero-order valence-electron chi connectivity index (χ0n) is 8.26. The summed E-state index contributed by atoms with van der Waals surface area (Å²) >= 11 is 0. The molecule has 0 rings (SSSR count). The monoisotopic (exact) mass is 176 g/mol. The Hall–Kier alpha value is 0.137. The smallest absolute Gasteiger partial charge is 0.324 e. The van der Waals surface area contributed by atoms with Gasteiger partial charge in [-0.05, 0) is 11.5 Å². The predicted molar refractivity (Wildman–Crippen MR) is 50.0 cm³/mol. The van der Waals surface area contributed by atoms with Crippen LogP contribution in [-0.4, -0.2) is 23.5 Å². The van der Waals surface area contributed by atoms with E-state index >= 15 is 0 Å². The Kier molecular flexibility index (Phi) is 5.82. The Morgan fingerprint density at radius 2 is 1.64 bits per heavy atom. The van der Waals surface area contributed by atoms with E-state index in [1.165, 1.54) is 6.42 Å². The van der Waals surface area contributed by atoms with Crippen molar-refractivity contribution in [2.45, 2.75) is 32.7 Å². The summed E-state index contributed by atoms with van der Waals surface area (Å²) in [6, 6.07) is 0. The Morgan fingerprint density at radius 1 is 1.18 bits per heavy atom. The van der Waals surface area contributed by atoms with Crippen LogP contribution in [0.15, 0.2) is 0 Å². The van der Waals surface area contributed by atoms with Crippen LogP contribution in [0, 0.1) is 5.92 Å². The van der Waals surface area contributed by atoms with Gasteiger partial charge in [-0.3, -0.25) is 0 Å². The van der Waals surface area contributed by atoms with Crippen LogP contribution in [0.2, 0.25) is 5.54 Å². The minimum Gasteiger partial charge on any atom is -0.400 e. The van der Waals surface area contributed by atoms with E-state index in [-0.39, 0.29) is 0 Å². The van der Waals surface area contributed by atoms with E-state index in [0.29, 0.717) is 11.5 Å². The SMILES string of the molecule is CCC(C)C(C)[SiH](OC)OC. The Labute approximate surface area is 71.7 Å². The van der Waals surface area contributed by atoms with Crippen LogP contribution in [-0.2, 0) is 8.85 Å². The number of hydrogen-bond donors (Lipinski definition) is 0. The maximum Gasteiger partial charge on any atom is 0.324 e. The van der Waals surface area contributed by atoms with Crippen molar-refractivity contribution in [3.63, 3.8) is 0 Å². The minimum absolute atomic E-state index is 0.606. The molecule has 0 aliphatic heterocycles. The molecule has 2 nitrogen and oxygen atoms in total. The van der Waals surface area contributed by atoms with E-state index in [1.54, 1.807) is 14.2 Å². The first-order valence-corrected chi connectivity index (χ1v) is 5.83. The van der Waals surface area contributed by atoms with Crippen molar-refractivity contribution in [3.05, 3.63) is 0 Å². The number of hydrogen-bond acceptors (Lipinski definition) is 2. The Morgan fingerprint density at radius 3 is 1.91 bits per heavy atom. The third-order valence-corrected chi connectivity index (χ3v) is 4.88. The lowest BCUT2D eigenvalue weighted by atomic mass is 10.1. The lowest BCUT2D eigenvalue weighted by Gasteiger charge is -2.23. The summed E-state index contributed by atoms with van der Waals surface area (Å²) in [5.74, 6) is 0.714. The molecule has 3 heteroatoms. The molecule has 0 saturated carbocycles. The van der Waals surface area contributed by atoms with E-state index < -0.39 is 9.28 Å². The minimum atomic E-state index is -1.36. The zero-order chi connectivity index (χ0) is 8.85. The summed E-state index contributed by atoms with van der Waals surface area (Å²) in [7, 11) is 2.14. The average molecular weight is 176 g/mol. The van der Waals surface area contributed by atoms with Crippen LogP contribution in [0.1, 0.15) is 27.2 Å². The average Bonchev–Trinajstić information content (AvgIpc) is 2.05. The van der Waals surface area contributed by atoms with Crippen molar-refractivity contribution >= 4 is 9.28 Å². The zero-order valence-corrected chi connectivity index (χ0v) is 9.41. The summed E-state index contributed by atoms with van der Waals surface area (Å²) in [6.07, 6.45) is 1.21. The molecule has 68 valence electrons. The van der Waals surface area contributed by atoms with E-state index in [1.807, 2.05) is 0 Å². The molecule has 0 bridgehead atoms. The molecule has 0 N–H and O–H groups in total.